The lowest BCUT2D eigenvalue weighted by Gasteiger charge is -2.19. The fourth-order valence-corrected chi connectivity index (χ4v) is 2.25. The summed E-state index contributed by atoms with van der Waals surface area (Å²) in [5.74, 6) is -1.26. The Hall–Kier alpha value is -1.95. The maximum Gasteiger partial charge on any atom is 0.242 e. The zero-order chi connectivity index (χ0) is 15.4. The minimum atomic E-state index is -0.725. The number of carbonyl (C=O) groups is 2. The Labute approximate surface area is 129 Å². The van der Waals surface area contributed by atoms with Crippen molar-refractivity contribution in [2.24, 2.45) is 5.73 Å². The summed E-state index contributed by atoms with van der Waals surface area (Å²) in [6, 6.07) is 8.71. The van der Waals surface area contributed by atoms with Gasteiger partial charge < -0.3 is 16.4 Å². The highest BCUT2D eigenvalue weighted by Crippen LogP contribution is 2.19. The van der Waals surface area contributed by atoms with E-state index in [-0.39, 0.29) is 22.8 Å². The highest BCUT2D eigenvalue weighted by molar-refractivity contribution is 7.80. The van der Waals surface area contributed by atoms with Gasteiger partial charge in [0.2, 0.25) is 11.8 Å². The number of carbonyl (C=O) groups excluding carboxylic acids is 2. The van der Waals surface area contributed by atoms with Crippen LogP contribution >= 0.6 is 12.2 Å². The number of rotatable bonds is 6. The molecule has 21 heavy (non-hydrogen) atoms. The second-order valence-electron chi connectivity index (χ2n) is 5.26. The van der Waals surface area contributed by atoms with Gasteiger partial charge in [0.1, 0.15) is 12.0 Å². The molecule has 1 saturated carbocycles. The molecule has 0 aromatic heterocycles. The molecule has 6 heteroatoms. The van der Waals surface area contributed by atoms with Crippen molar-refractivity contribution in [2.45, 2.75) is 37.8 Å². The first-order valence-corrected chi connectivity index (χ1v) is 7.35. The molecule has 2 atom stereocenters. The summed E-state index contributed by atoms with van der Waals surface area (Å²) in [6.45, 7) is 1.65. The van der Waals surface area contributed by atoms with E-state index >= 15 is 0 Å². The normalized spacial score (nSPS) is 16.6. The molecule has 0 spiro atoms. The number of hydrogen-bond donors (Lipinski definition) is 3. The lowest BCUT2D eigenvalue weighted by molar-refractivity contribution is -0.128. The average molecular weight is 305 g/mol. The van der Waals surface area contributed by atoms with E-state index in [2.05, 4.69) is 10.6 Å². The van der Waals surface area contributed by atoms with Crippen molar-refractivity contribution < 1.29 is 9.59 Å². The molecular weight excluding hydrogens is 286 g/mol. The van der Waals surface area contributed by atoms with Crippen LogP contribution in [0.25, 0.3) is 0 Å². The predicted molar refractivity (Wildman–Crippen MR) is 84.7 cm³/mol. The van der Waals surface area contributed by atoms with Gasteiger partial charge in [-0.2, -0.15) is 0 Å². The van der Waals surface area contributed by atoms with Crippen molar-refractivity contribution in [2.75, 3.05) is 0 Å². The largest absolute Gasteiger partial charge is 0.392 e. The average Bonchev–Trinajstić information content (AvgIpc) is 3.23. The fourth-order valence-electron chi connectivity index (χ4n) is 2.01. The highest BCUT2D eigenvalue weighted by atomic mass is 32.1. The minimum absolute atomic E-state index is 0.0912. The number of thiocarbonyl (C=S) groups is 1. The van der Waals surface area contributed by atoms with Gasteiger partial charge in [-0.15, -0.1) is 0 Å². The first-order chi connectivity index (χ1) is 9.99. The van der Waals surface area contributed by atoms with Crippen LogP contribution in [0.2, 0.25) is 0 Å². The number of nitrogens with one attached hydrogen (secondary N) is 2. The van der Waals surface area contributed by atoms with Crippen molar-refractivity contribution in [1.82, 2.24) is 10.6 Å². The van der Waals surface area contributed by atoms with E-state index < -0.39 is 12.0 Å². The first-order valence-electron chi connectivity index (χ1n) is 6.94. The number of hydrogen-bond acceptors (Lipinski definition) is 3. The molecule has 112 valence electrons. The van der Waals surface area contributed by atoms with Crippen LogP contribution in [0.5, 0.6) is 0 Å². The lowest BCUT2D eigenvalue weighted by Crippen LogP contribution is -2.48. The van der Waals surface area contributed by atoms with Gasteiger partial charge in [0.05, 0.1) is 4.99 Å². The van der Waals surface area contributed by atoms with Crippen LogP contribution in [0.15, 0.2) is 30.3 Å². The molecule has 1 fully saturated rings. The Bertz CT molecular complexity index is 543. The van der Waals surface area contributed by atoms with Gasteiger partial charge in [-0.25, -0.2) is 0 Å². The second-order valence-corrected chi connectivity index (χ2v) is 5.73. The predicted octanol–water partition coefficient (Wildman–Crippen LogP) is 0.840. The zero-order valence-electron chi connectivity index (χ0n) is 11.8. The molecule has 0 bridgehead atoms. The number of amides is 2. The molecule has 2 rings (SSSR count). The first kappa shape index (κ1) is 15.4. The molecule has 2 unspecified atom stereocenters. The van der Waals surface area contributed by atoms with Crippen LogP contribution in [0.3, 0.4) is 0 Å². The third-order valence-corrected chi connectivity index (χ3v) is 3.59. The molecule has 0 aliphatic heterocycles. The lowest BCUT2D eigenvalue weighted by atomic mass is 9.98. The molecule has 0 radical (unpaired) electrons. The zero-order valence-corrected chi connectivity index (χ0v) is 12.7. The van der Waals surface area contributed by atoms with Gasteiger partial charge in [-0.05, 0) is 25.3 Å². The minimum Gasteiger partial charge on any atom is -0.392 e. The summed E-state index contributed by atoms with van der Waals surface area (Å²) < 4.78 is 0. The molecule has 5 nitrogen and oxygen atoms in total. The van der Waals surface area contributed by atoms with Crippen molar-refractivity contribution in [1.29, 1.82) is 0 Å². The summed E-state index contributed by atoms with van der Waals surface area (Å²) in [4.78, 5) is 24.3. The van der Waals surface area contributed by atoms with Gasteiger partial charge in [-0.3, -0.25) is 9.59 Å². The van der Waals surface area contributed by atoms with Crippen molar-refractivity contribution in [3.05, 3.63) is 35.9 Å². The van der Waals surface area contributed by atoms with Gasteiger partial charge in [0.15, 0.2) is 0 Å². The van der Waals surface area contributed by atoms with Crippen LogP contribution in [0, 0.1) is 0 Å². The number of benzene rings is 1. The van der Waals surface area contributed by atoms with Gasteiger partial charge in [0, 0.05) is 6.04 Å². The molecule has 1 aromatic carbocycles. The van der Waals surface area contributed by atoms with Crippen molar-refractivity contribution in [3.63, 3.8) is 0 Å². The molecule has 0 saturated heterocycles. The van der Waals surface area contributed by atoms with Gasteiger partial charge >= 0.3 is 0 Å². The van der Waals surface area contributed by atoms with Crippen molar-refractivity contribution in [3.8, 4) is 0 Å². The van der Waals surface area contributed by atoms with Crippen molar-refractivity contribution >= 4 is 29.0 Å². The van der Waals surface area contributed by atoms with E-state index in [0.29, 0.717) is 0 Å². The van der Waals surface area contributed by atoms with E-state index in [1.807, 2.05) is 18.2 Å². The Morgan fingerprint density at radius 1 is 1.24 bits per heavy atom. The Morgan fingerprint density at radius 3 is 2.38 bits per heavy atom. The van der Waals surface area contributed by atoms with E-state index in [1.54, 1.807) is 19.1 Å². The standard InChI is InChI=1S/C15H19N3O2S/c1-9(14(19)18-11-7-8-11)17-15(20)12(13(16)21)10-5-3-2-4-6-10/h2-6,9,11-12H,7-8H2,1H3,(H2,16,21)(H,17,20)(H,18,19). The Balaban J connectivity index is 2.01. The summed E-state index contributed by atoms with van der Waals surface area (Å²) in [6.07, 6.45) is 2.01. The van der Waals surface area contributed by atoms with Crippen LogP contribution in [0.4, 0.5) is 0 Å². The van der Waals surface area contributed by atoms with Gasteiger partial charge in [0.25, 0.3) is 0 Å². The summed E-state index contributed by atoms with van der Waals surface area (Å²) >= 11 is 4.99. The summed E-state index contributed by atoms with van der Waals surface area (Å²) in [5, 5.41) is 5.52. The molecule has 4 N–H and O–H groups in total. The van der Waals surface area contributed by atoms with E-state index in [0.717, 1.165) is 18.4 Å². The van der Waals surface area contributed by atoms with Crippen LogP contribution < -0.4 is 16.4 Å². The molecule has 1 aliphatic carbocycles. The Morgan fingerprint density at radius 2 is 1.86 bits per heavy atom. The van der Waals surface area contributed by atoms with Gasteiger partial charge in [-0.1, -0.05) is 42.5 Å². The molecule has 0 heterocycles. The van der Waals surface area contributed by atoms with E-state index in [9.17, 15) is 9.59 Å². The SMILES string of the molecule is CC(NC(=O)C(C(N)=S)c1ccccc1)C(=O)NC1CC1. The summed E-state index contributed by atoms with van der Waals surface area (Å²) in [7, 11) is 0. The molecule has 1 aliphatic rings. The smallest absolute Gasteiger partial charge is 0.242 e. The molecular formula is C15H19N3O2S. The third-order valence-electron chi connectivity index (χ3n) is 3.36. The molecule has 1 aromatic rings. The van der Waals surface area contributed by atoms with Crippen LogP contribution in [0.1, 0.15) is 31.2 Å². The third kappa shape index (κ3) is 4.26. The highest BCUT2D eigenvalue weighted by Gasteiger charge is 2.29. The molecule has 2 amide bonds. The van der Waals surface area contributed by atoms with E-state index in [1.165, 1.54) is 0 Å². The van der Waals surface area contributed by atoms with E-state index in [4.69, 9.17) is 18.0 Å². The van der Waals surface area contributed by atoms with Crippen LogP contribution in [-0.2, 0) is 9.59 Å². The number of nitrogens with two attached hydrogens (primary N) is 1. The summed E-state index contributed by atoms with van der Waals surface area (Å²) in [5.41, 5.74) is 6.40. The maximum atomic E-state index is 12.3. The second kappa shape index (κ2) is 6.67. The van der Waals surface area contributed by atoms with Crippen LogP contribution in [-0.4, -0.2) is 28.9 Å². The monoisotopic (exact) mass is 305 g/mol. The maximum absolute atomic E-state index is 12.3. The Kier molecular flexibility index (Phi) is 4.90. The fraction of sp³-hybridized carbons (Fsp3) is 0.400. The quantitative estimate of drug-likeness (QED) is 0.680. The topological polar surface area (TPSA) is 84.2 Å².